The molecule has 0 aliphatic heterocycles. The van der Waals surface area contributed by atoms with Crippen LogP contribution in [0.15, 0.2) is 0 Å². The highest BCUT2D eigenvalue weighted by Gasteiger charge is 1.81. The molecule has 0 radical (unpaired) electrons. The molecule has 0 unspecified atom stereocenters. The van der Waals surface area contributed by atoms with Gasteiger partial charge in [0, 0.05) is 6.57 Å². The molecule has 0 saturated heterocycles. The molecule has 5 nitrogen and oxygen atoms in total. The second kappa shape index (κ2) is 3.55. The molecule has 0 spiro atoms. The zero-order valence-corrected chi connectivity index (χ0v) is 4.09. The predicted octanol–water partition coefficient (Wildman–Crippen LogP) is -1.11. The van der Waals surface area contributed by atoms with Crippen molar-refractivity contribution in [3.05, 3.63) is 0 Å². The average Bonchev–Trinajstić information content (AvgIpc) is 1.36. The Kier molecular flexibility index (Phi) is 4.87. The molecule has 0 aromatic heterocycles. The van der Waals surface area contributed by atoms with Crippen LogP contribution in [0.25, 0.3) is 0 Å². The van der Waals surface area contributed by atoms with Crippen LogP contribution in [-0.2, 0) is 10.3 Å². The SMILES string of the molecule is C#N.NS(=O)(=O)O. The average molecular weight is 124 g/mol. The van der Waals surface area contributed by atoms with Gasteiger partial charge in [-0.2, -0.15) is 8.42 Å². The van der Waals surface area contributed by atoms with Gasteiger partial charge < -0.3 is 0 Å². The molecule has 0 rings (SSSR count). The summed E-state index contributed by atoms with van der Waals surface area (Å²) in [4.78, 5) is 0. The molecule has 6 heteroatoms. The number of hydrogen-bond acceptors (Lipinski definition) is 3. The zero-order chi connectivity index (χ0) is 6.50. The maximum atomic E-state index is 8.97. The van der Waals surface area contributed by atoms with Gasteiger partial charge in [0.25, 0.3) is 0 Å². The fourth-order valence-corrected chi connectivity index (χ4v) is 0. The van der Waals surface area contributed by atoms with E-state index in [9.17, 15) is 0 Å². The molecule has 0 aliphatic carbocycles. The second-order valence-corrected chi connectivity index (χ2v) is 1.54. The minimum atomic E-state index is -4.17. The van der Waals surface area contributed by atoms with Crippen LogP contribution in [0.1, 0.15) is 0 Å². The van der Waals surface area contributed by atoms with Crippen LogP contribution >= 0.6 is 0 Å². The highest BCUT2D eigenvalue weighted by molar-refractivity contribution is 7.83. The topological polar surface area (TPSA) is 104 Å². The third-order valence-electron chi connectivity index (χ3n) is 0. The van der Waals surface area contributed by atoms with E-state index in [2.05, 4.69) is 11.7 Å². The summed E-state index contributed by atoms with van der Waals surface area (Å²) in [5.74, 6) is 0. The summed E-state index contributed by atoms with van der Waals surface area (Å²) in [6.07, 6.45) is 0. The lowest BCUT2D eigenvalue weighted by Gasteiger charge is -1.70. The standard InChI is InChI=1S/CHN.H3NO3S/c1-2;1-5(2,3)4/h1H;(H3,1,2,3,4). The van der Waals surface area contributed by atoms with Gasteiger partial charge in [0.15, 0.2) is 0 Å². The van der Waals surface area contributed by atoms with Crippen LogP contribution in [0.4, 0.5) is 0 Å². The Morgan fingerprint density at radius 3 is 1.57 bits per heavy atom. The van der Waals surface area contributed by atoms with Crippen molar-refractivity contribution in [2.24, 2.45) is 5.14 Å². The van der Waals surface area contributed by atoms with Crippen molar-refractivity contribution in [3.63, 3.8) is 0 Å². The third-order valence-corrected chi connectivity index (χ3v) is 0. The van der Waals surface area contributed by atoms with Crippen molar-refractivity contribution in [1.29, 1.82) is 5.26 Å². The van der Waals surface area contributed by atoms with Crippen LogP contribution in [0, 0.1) is 11.8 Å². The molecule has 3 N–H and O–H groups in total. The first kappa shape index (κ1) is 9.61. The highest BCUT2D eigenvalue weighted by Crippen LogP contribution is 1.50. The number of nitrogens with two attached hydrogens (primary N) is 1. The summed E-state index contributed by atoms with van der Waals surface area (Å²) in [5, 5.41) is 10.4. The van der Waals surface area contributed by atoms with E-state index in [0.717, 1.165) is 0 Å². The first-order chi connectivity index (χ1) is 3.00. The van der Waals surface area contributed by atoms with Gasteiger partial charge in [-0.25, -0.2) is 10.4 Å². The van der Waals surface area contributed by atoms with Gasteiger partial charge in [-0.1, -0.05) is 0 Å². The quantitative estimate of drug-likeness (QED) is 0.399. The van der Waals surface area contributed by atoms with Gasteiger partial charge in [0.2, 0.25) is 0 Å². The summed E-state index contributed by atoms with van der Waals surface area (Å²) in [5.41, 5.74) is 0. The monoisotopic (exact) mass is 124 g/mol. The van der Waals surface area contributed by atoms with Crippen LogP contribution in [0.5, 0.6) is 0 Å². The minimum Gasteiger partial charge on any atom is -0.274 e. The lowest BCUT2D eigenvalue weighted by Crippen LogP contribution is -2.08. The minimum absolute atomic E-state index is 3.50. The van der Waals surface area contributed by atoms with E-state index in [-0.39, 0.29) is 0 Å². The van der Waals surface area contributed by atoms with Crippen molar-refractivity contribution in [1.82, 2.24) is 0 Å². The fraction of sp³-hybridized carbons (Fsp3) is 0. The van der Waals surface area contributed by atoms with Gasteiger partial charge in [-0.15, -0.1) is 0 Å². The van der Waals surface area contributed by atoms with E-state index in [1.165, 1.54) is 0 Å². The van der Waals surface area contributed by atoms with Gasteiger partial charge in [0.1, 0.15) is 0 Å². The van der Waals surface area contributed by atoms with Gasteiger partial charge in [-0.3, -0.25) is 4.55 Å². The Labute approximate surface area is 41.2 Å². The van der Waals surface area contributed by atoms with Crippen molar-refractivity contribution < 1.29 is 13.0 Å². The molecule has 42 valence electrons. The van der Waals surface area contributed by atoms with Crippen molar-refractivity contribution in [3.8, 4) is 6.57 Å². The summed E-state index contributed by atoms with van der Waals surface area (Å²) in [6, 6.07) is 0. The molecule has 0 aromatic rings. The number of nitrogens with zero attached hydrogens (tertiary/aromatic N) is 1. The van der Waals surface area contributed by atoms with E-state index < -0.39 is 10.3 Å². The Morgan fingerprint density at radius 1 is 1.57 bits per heavy atom. The molecule has 0 bridgehead atoms. The van der Waals surface area contributed by atoms with E-state index >= 15 is 0 Å². The van der Waals surface area contributed by atoms with Crippen LogP contribution < -0.4 is 5.14 Å². The summed E-state index contributed by atoms with van der Waals surface area (Å²) >= 11 is 0. The van der Waals surface area contributed by atoms with E-state index in [1.807, 2.05) is 0 Å². The molecule has 0 aromatic carbocycles. The molecule has 0 amide bonds. The van der Waals surface area contributed by atoms with Crippen molar-refractivity contribution >= 4 is 10.3 Å². The van der Waals surface area contributed by atoms with Crippen molar-refractivity contribution in [2.45, 2.75) is 0 Å². The molecule has 0 saturated carbocycles. The first-order valence-electron chi connectivity index (χ1n) is 1.01. The van der Waals surface area contributed by atoms with Gasteiger partial charge >= 0.3 is 10.3 Å². The molecule has 0 aliphatic rings. The first-order valence-corrected chi connectivity index (χ1v) is 2.51. The van der Waals surface area contributed by atoms with Gasteiger partial charge in [-0.05, 0) is 0 Å². The largest absolute Gasteiger partial charge is 0.330 e. The van der Waals surface area contributed by atoms with Crippen LogP contribution in [0.2, 0.25) is 0 Å². The summed E-state index contributed by atoms with van der Waals surface area (Å²) < 4.78 is 25.2. The molecule has 0 fully saturated rings. The Morgan fingerprint density at radius 2 is 1.57 bits per heavy atom. The Bertz CT molecular complexity index is 124. The lowest BCUT2D eigenvalue weighted by molar-refractivity contribution is 0.485. The maximum Gasteiger partial charge on any atom is 0.330 e. The molecule has 0 atom stereocenters. The van der Waals surface area contributed by atoms with E-state index in [4.69, 9.17) is 18.2 Å². The molecular formula is CH4N2O3S. The Hall–Kier alpha value is -0.640. The zero-order valence-electron chi connectivity index (χ0n) is 3.27. The third kappa shape index (κ3) is 148. The molecule has 7 heavy (non-hydrogen) atoms. The summed E-state index contributed by atoms with van der Waals surface area (Å²) in [6.45, 7) is 3.50. The maximum absolute atomic E-state index is 8.97. The Balaban J connectivity index is 0. The molecular weight excluding hydrogens is 120 g/mol. The fourth-order valence-electron chi connectivity index (χ4n) is 0. The highest BCUT2D eigenvalue weighted by atomic mass is 32.2. The van der Waals surface area contributed by atoms with Gasteiger partial charge in [0.05, 0.1) is 0 Å². The van der Waals surface area contributed by atoms with Crippen molar-refractivity contribution in [2.75, 3.05) is 0 Å². The molecule has 0 heterocycles. The van der Waals surface area contributed by atoms with E-state index in [0.29, 0.717) is 0 Å². The normalized spacial score (nSPS) is 8.57. The predicted molar refractivity (Wildman–Crippen MR) is 22.4 cm³/mol. The number of hydrogen-bond donors (Lipinski definition) is 2. The number of rotatable bonds is 0. The van der Waals surface area contributed by atoms with Crippen LogP contribution in [-0.4, -0.2) is 13.0 Å². The lowest BCUT2D eigenvalue weighted by atomic mass is 11.9. The smallest absolute Gasteiger partial charge is 0.274 e. The number of nitriles is 1. The second-order valence-electron chi connectivity index (χ2n) is 0.515. The van der Waals surface area contributed by atoms with Crippen LogP contribution in [0.3, 0.4) is 0 Å². The summed E-state index contributed by atoms with van der Waals surface area (Å²) in [7, 11) is -4.17. The van der Waals surface area contributed by atoms with E-state index in [1.54, 1.807) is 0 Å².